The second-order valence-corrected chi connectivity index (χ2v) is 4.11. The number of benzene rings is 1. The van der Waals surface area contributed by atoms with Crippen molar-refractivity contribution in [1.29, 1.82) is 0 Å². The van der Waals surface area contributed by atoms with Crippen molar-refractivity contribution in [1.82, 2.24) is 4.90 Å². The number of nitrogens with zero attached hydrogens (tertiary/aromatic N) is 1. The zero-order chi connectivity index (χ0) is 11.3. The average molecular weight is 226 g/mol. The molecular weight excluding hydrogens is 210 g/mol. The summed E-state index contributed by atoms with van der Waals surface area (Å²) in [5, 5.41) is -0.450. The summed E-state index contributed by atoms with van der Waals surface area (Å²) in [7, 11) is 0. The molecule has 0 aromatic heterocycles. The zero-order valence-corrected chi connectivity index (χ0v) is 9.87. The number of alkyl halides is 1. The Morgan fingerprint density at radius 2 is 2.00 bits per heavy atom. The molecule has 0 aliphatic heterocycles. The second kappa shape index (κ2) is 5.76. The van der Waals surface area contributed by atoms with Gasteiger partial charge in [0.1, 0.15) is 5.38 Å². The molecule has 0 saturated heterocycles. The lowest BCUT2D eigenvalue weighted by Gasteiger charge is -2.22. The van der Waals surface area contributed by atoms with Gasteiger partial charge in [0.15, 0.2) is 0 Å². The summed E-state index contributed by atoms with van der Waals surface area (Å²) in [6.07, 6.45) is 0. The highest BCUT2D eigenvalue weighted by molar-refractivity contribution is 6.30. The molecule has 0 aliphatic rings. The summed E-state index contributed by atoms with van der Waals surface area (Å²) in [5.41, 5.74) is 1.13. The number of halogens is 1. The van der Waals surface area contributed by atoms with Crippen LogP contribution in [-0.2, 0) is 11.3 Å². The van der Waals surface area contributed by atoms with Crippen molar-refractivity contribution in [3.8, 4) is 0 Å². The molecule has 0 unspecified atom stereocenters. The molecule has 1 aromatic rings. The van der Waals surface area contributed by atoms with Gasteiger partial charge in [0.25, 0.3) is 0 Å². The predicted molar refractivity (Wildman–Crippen MR) is 62.8 cm³/mol. The first-order valence-corrected chi connectivity index (χ1v) is 5.55. The summed E-state index contributed by atoms with van der Waals surface area (Å²) in [5.74, 6) is -0.0111. The molecule has 0 fully saturated rings. The third-order valence-corrected chi connectivity index (χ3v) is 2.44. The standard InChI is InChI=1S/C12H16ClNO/c1-3-14(12(15)10(2)13)9-11-7-5-4-6-8-11/h4-8,10H,3,9H2,1-2H3/t10-/m0/s1. The summed E-state index contributed by atoms with van der Waals surface area (Å²) >= 11 is 5.78. The van der Waals surface area contributed by atoms with Crippen molar-refractivity contribution in [2.24, 2.45) is 0 Å². The van der Waals surface area contributed by atoms with Gasteiger partial charge in [0.05, 0.1) is 0 Å². The molecule has 0 radical (unpaired) electrons. The fourth-order valence-electron chi connectivity index (χ4n) is 1.40. The van der Waals surface area contributed by atoms with Gasteiger partial charge in [-0.05, 0) is 19.4 Å². The van der Waals surface area contributed by atoms with Crippen LogP contribution in [0.15, 0.2) is 30.3 Å². The van der Waals surface area contributed by atoms with E-state index < -0.39 is 5.38 Å². The Bertz CT molecular complexity index is 311. The summed E-state index contributed by atoms with van der Waals surface area (Å²) < 4.78 is 0. The lowest BCUT2D eigenvalue weighted by atomic mass is 10.2. The molecule has 2 nitrogen and oxygen atoms in total. The van der Waals surface area contributed by atoms with E-state index in [-0.39, 0.29) is 5.91 Å². The lowest BCUT2D eigenvalue weighted by molar-refractivity contribution is -0.130. The van der Waals surface area contributed by atoms with E-state index in [4.69, 9.17) is 11.6 Å². The van der Waals surface area contributed by atoms with Crippen LogP contribution >= 0.6 is 11.6 Å². The molecule has 1 atom stereocenters. The van der Waals surface area contributed by atoms with Gasteiger partial charge in [-0.25, -0.2) is 0 Å². The largest absolute Gasteiger partial charge is 0.337 e. The molecule has 0 N–H and O–H groups in total. The normalized spacial score (nSPS) is 12.2. The molecule has 0 bridgehead atoms. The minimum Gasteiger partial charge on any atom is -0.337 e. The number of rotatable bonds is 4. The minimum absolute atomic E-state index is 0.0111. The minimum atomic E-state index is -0.450. The van der Waals surface area contributed by atoms with E-state index in [2.05, 4.69) is 0 Å². The number of hydrogen-bond donors (Lipinski definition) is 0. The van der Waals surface area contributed by atoms with Crippen molar-refractivity contribution in [2.45, 2.75) is 25.8 Å². The van der Waals surface area contributed by atoms with Gasteiger partial charge < -0.3 is 4.90 Å². The maximum absolute atomic E-state index is 11.7. The Hall–Kier alpha value is -1.02. The number of carbonyl (C=O) groups excluding carboxylic acids is 1. The van der Waals surface area contributed by atoms with Crippen molar-refractivity contribution in [2.75, 3.05) is 6.54 Å². The summed E-state index contributed by atoms with van der Waals surface area (Å²) in [4.78, 5) is 13.4. The SMILES string of the molecule is CCN(Cc1ccccc1)C(=O)[C@H](C)Cl. The molecule has 3 heteroatoms. The lowest BCUT2D eigenvalue weighted by Crippen LogP contribution is -2.34. The molecule has 0 heterocycles. The van der Waals surface area contributed by atoms with Gasteiger partial charge >= 0.3 is 0 Å². The van der Waals surface area contributed by atoms with Crippen molar-refractivity contribution >= 4 is 17.5 Å². The third-order valence-electron chi connectivity index (χ3n) is 2.25. The quantitative estimate of drug-likeness (QED) is 0.722. The van der Waals surface area contributed by atoms with E-state index in [9.17, 15) is 4.79 Å². The Kier molecular flexibility index (Phi) is 4.63. The molecule has 82 valence electrons. The van der Waals surface area contributed by atoms with Crippen molar-refractivity contribution < 1.29 is 4.79 Å². The van der Waals surface area contributed by atoms with Gasteiger partial charge in [-0.1, -0.05) is 30.3 Å². The maximum atomic E-state index is 11.7. The number of hydrogen-bond acceptors (Lipinski definition) is 1. The molecular formula is C12H16ClNO. The summed E-state index contributed by atoms with van der Waals surface area (Å²) in [6.45, 7) is 4.98. The topological polar surface area (TPSA) is 20.3 Å². The Morgan fingerprint density at radius 3 is 2.47 bits per heavy atom. The predicted octanol–water partition coefficient (Wildman–Crippen LogP) is 2.66. The Labute approximate surface area is 95.8 Å². The first-order valence-electron chi connectivity index (χ1n) is 5.12. The van der Waals surface area contributed by atoms with Gasteiger partial charge in [-0.3, -0.25) is 4.79 Å². The van der Waals surface area contributed by atoms with E-state index in [0.29, 0.717) is 13.1 Å². The van der Waals surface area contributed by atoms with Crippen LogP contribution in [0.25, 0.3) is 0 Å². The van der Waals surface area contributed by atoms with Gasteiger partial charge in [0.2, 0.25) is 5.91 Å². The first kappa shape index (κ1) is 12.1. The van der Waals surface area contributed by atoms with Crippen LogP contribution in [0, 0.1) is 0 Å². The van der Waals surface area contributed by atoms with E-state index in [1.807, 2.05) is 37.3 Å². The molecule has 0 aliphatic carbocycles. The molecule has 1 amide bonds. The molecule has 1 aromatic carbocycles. The van der Waals surface area contributed by atoms with E-state index in [1.165, 1.54) is 0 Å². The molecule has 1 rings (SSSR count). The second-order valence-electron chi connectivity index (χ2n) is 3.45. The van der Waals surface area contributed by atoms with Crippen LogP contribution in [0.3, 0.4) is 0 Å². The van der Waals surface area contributed by atoms with E-state index >= 15 is 0 Å². The Morgan fingerprint density at radius 1 is 1.40 bits per heavy atom. The highest BCUT2D eigenvalue weighted by Crippen LogP contribution is 2.08. The van der Waals surface area contributed by atoms with E-state index in [0.717, 1.165) is 5.56 Å². The highest BCUT2D eigenvalue weighted by Gasteiger charge is 2.16. The van der Waals surface area contributed by atoms with Crippen LogP contribution in [0.5, 0.6) is 0 Å². The average Bonchev–Trinajstić information content (AvgIpc) is 2.26. The smallest absolute Gasteiger partial charge is 0.240 e. The fraction of sp³-hybridized carbons (Fsp3) is 0.417. The van der Waals surface area contributed by atoms with Crippen molar-refractivity contribution in [3.05, 3.63) is 35.9 Å². The number of carbonyl (C=O) groups is 1. The molecule has 15 heavy (non-hydrogen) atoms. The fourth-order valence-corrected chi connectivity index (χ4v) is 1.54. The van der Waals surface area contributed by atoms with Crippen LogP contribution in [0.1, 0.15) is 19.4 Å². The van der Waals surface area contributed by atoms with Crippen LogP contribution in [-0.4, -0.2) is 22.7 Å². The zero-order valence-electron chi connectivity index (χ0n) is 9.11. The van der Waals surface area contributed by atoms with Gasteiger partial charge in [0, 0.05) is 13.1 Å². The monoisotopic (exact) mass is 225 g/mol. The molecule has 0 saturated carbocycles. The Balaban J connectivity index is 2.66. The molecule has 0 spiro atoms. The van der Waals surface area contributed by atoms with Gasteiger partial charge in [-0.2, -0.15) is 0 Å². The third kappa shape index (κ3) is 3.56. The van der Waals surface area contributed by atoms with Crippen LogP contribution in [0.2, 0.25) is 0 Å². The van der Waals surface area contributed by atoms with Crippen LogP contribution in [0.4, 0.5) is 0 Å². The highest BCUT2D eigenvalue weighted by atomic mass is 35.5. The van der Waals surface area contributed by atoms with Crippen molar-refractivity contribution in [3.63, 3.8) is 0 Å². The first-order chi connectivity index (χ1) is 7.15. The van der Waals surface area contributed by atoms with Crippen LogP contribution < -0.4 is 0 Å². The maximum Gasteiger partial charge on any atom is 0.240 e. The van der Waals surface area contributed by atoms with Gasteiger partial charge in [-0.15, -0.1) is 11.6 Å². The van der Waals surface area contributed by atoms with E-state index in [1.54, 1.807) is 11.8 Å². The number of amides is 1. The summed E-state index contributed by atoms with van der Waals surface area (Å²) in [6, 6.07) is 9.92.